The molecule has 0 aliphatic carbocycles. The van der Waals surface area contributed by atoms with Crippen LogP contribution in [0.1, 0.15) is 10.6 Å². The molecular weight excluding hydrogens is 252 g/mol. The second-order valence-corrected chi connectivity index (χ2v) is 4.48. The van der Waals surface area contributed by atoms with E-state index in [0.29, 0.717) is 5.13 Å². The van der Waals surface area contributed by atoms with Crippen molar-refractivity contribution in [3.8, 4) is 5.13 Å². The third-order valence-corrected chi connectivity index (χ3v) is 3.36. The molecule has 6 nitrogen and oxygen atoms in total. The van der Waals surface area contributed by atoms with E-state index in [1.807, 2.05) is 24.3 Å². The lowest BCUT2D eigenvalue weighted by Crippen LogP contribution is -2.05. The molecule has 1 aromatic carbocycles. The Morgan fingerprint density at radius 2 is 2.22 bits per heavy atom. The zero-order chi connectivity index (χ0) is 12.5. The summed E-state index contributed by atoms with van der Waals surface area (Å²) in [5.74, 6) is -0.536. The van der Waals surface area contributed by atoms with Crippen molar-refractivity contribution < 1.29 is 9.53 Å². The number of hydrogen-bond acceptors (Lipinski definition) is 6. The van der Waals surface area contributed by atoms with Crippen LogP contribution in [0.5, 0.6) is 0 Å². The largest absolute Gasteiger partial charge is 0.463 e. The Hall–Kier alpha value is -2.28. The Morgan fingerprint density at radius 3 is 3.00 bits per heavy atom. The summed E-state index contributed by atoms with van der Waals surface area (Å²) in [5, 5.41) is 4.69. The van der Waals surface area contributed by atoms with Crippen molar-refractivity contribution in [2.24, 2.45) is 0 Å². The van der Waals surface area contributed by atoms with E-state index < -0.39 is 5.97 Å². The van der Waals surface area contributed by atoms with Crippen molar-refractivity contribution in [1.29, 1.82) is 0 Å². The molecule has 0 amide bonds. The van der Waals surface area contributed by atoms with E-state index in [2.05, 4.69) is 19.8 Å². The lowest BCUT2D eigenvalue weighted by molar-refractivity contribution is 0.0587. The number of carbonyl (C=O) groups is 1. The summed E-state index contributed by atoms with van der Waals surface area (Å²) in [7, 11) is 1.29. The number of esters is 1. The summed E-state index contributed by atoms with van der Waals surface area (Å²) >= 11 is 1.48. The average Bonchev–Trinajstić information content (AvgIpc) is 3.03. The van der Waals surface area contributed by atoms with Crippen LogP contribution in [0.4, 0.5) is 0 Å². The predicted octanol–water partition coefficient (Wildman–Crippen LogP) is 1.66. The maximum Gasteiger partial charge on any atom is 0.377 e. The second kappa shape index (κ2) is 4.19. The van der Waals surface area contributed by atoms with E-state index in [9.17, 15) is 4.79 Å². The Kier molecular flexibility index (Phi) is 2.52. The molecule has 0 spiro atoms. The summed E-state index contributed by atoms with van der Waals surface area (Å²) in [4.78, 5) is 19.5. The van der Waals surface area contributed by atoms with Crippen molar-refractivity contribution in [3.63, 3.8) is 0 Å². The van der Waals surface area contributed by atoms with E-state index in [4.69, 9.17) is 0 Å². The molecule has 0 radical (unpaired) electrons. The molecule has 90 valence electrons. The highest BCUT2D eigenvalue weighted by atomic mass is 32.1. The number of hydrogen-bond donors (Lipinski definition) is 0. The summed E-state index contributed by atoms with van der Waals surface area (Å²) in [6.07, 6.45) is 1.45. The number of carbonyl (C=O) groups excluding carboxylic acids is 1. The van der Waals surface area contributed by atoms with Crippen LogP contribution in [0.25, 0.3) is 15.3 Å². The quantitative estimate of drug-likeness (QED) is 0.655. The normalized spacial score (nSPS) is 10.7. The summed E-state index contributed by atoms with van der Waals surface area (Å²) in [6, 6.07) is 7.78. The van der Waals surface area contributed by atoms with Gasteiger partial charge in [0.05, 0.1) is 17.3 Å². The molecule has 2 aromatic heterocycles. The highest BCUT2D eigenvalue weighted by molar-refractivity contribution is 7.20. The van der Waals surface area contributed by atoms with Crippen LogP contribution in [-0.2, 0) is 4.74 Å². The number of ether oxygens (including phenoxy) is 1. The molecule has 0 atom stereocenters. The van der Waals surface area contributed by atoms with Gasteiger partial charge in [0.2, 0.25) is 5.13 Å². The first kappa shape index (κ1) is 10.8. The fourth-order valence-corrected chi connectivity index (χ4v) is 2.39. The Morgan fingerprint density at radius 1 is 1.39 bits per heavy atom. The Labute approximate surface area is 106 Å². The zero-order valence-electron chi connectivity index (χ0n) is 9.40. The molecular formula is C11H8N4O2S. The molecule has 3 rings (SSSR count). The van der Waals surface area contributed by atoms with Gasteiger partial charge in [0.15, 0.2) is 0 Å². The number of methoxy groups -OCH3 is 1. The van der Waals surface area contributed by atoms with Gasteiger partial charge in [0.25, 0.3) is 5.82 Å². The van der Waals surface area contributed by atoms with Gasteiger partial charge in [0, 0.05) is 0 Å². The van der Waals surface area contributed by atoms with Crippen LogP contribution >= 0.6 is 11.3 Å². The lowest BCUT2D eigenvalue weighted by Gasteiger charge is -1.91. The molecule has 0 saturated carbocycles. The van der Waals surface area contributed by atoms with Gasteiger partial charge in [0.1, 0.15) is 6.33 Å². The van der Waals surface area contributed by atoms with Gasteiger partial charge in [-0.2, -0.15) is 4.68 Å². The van der Waals surface area contributed by atoms with Gasteiger partial charge in [-0.15, -0.1) is 5.10 Å². The van der Waals surface area contributed by atoms with E-state index in [1.54, 1.807) is 0 Å². The maximum absolute atomic E-state index is 11.3. The predicted molar refractivity (Wildman–Crippen MR) is 65.9 cm³/mol. The van der Waals surface area contributed by atoms with E-state index >= 15 is 0 Å². The molecule has 0 N–H and O–H groups in total. The van der Waals surface area contributed by atoms with E-state index in [1.165, 1.54) is 29.5 Å². The number of thiazole rings is 1. The van der Waals surface area contributed by atoms with Crippen molar-refractivity contribution in [2.45, 2.75) is 0 Å². The highest BCUT2D eigenvalue weighted by Gasteiger charge is 2.13. The molecule has 0 fully saturated rings. The molecule has 0 saturated heterocycles. The van der Waals surface area contributed by atoms with E-state index in [-0.39, 0.29) is 5.82 Å². The minimum atomic E-state index is -0.560. The Balaban J connectivity index is 2.03. The summed E-state index contributed by atoms with van der Waals surface area (Å²) in [6.45, 7) is 0. The number of para-hydroxylation sites is 1. The van der Waals surface area contributed by atoms with Gasteiger partial charge in [-0.3, -0.25) is 0 Å². The average molecular weight is 260 g/mol. The first-order valence-electron chi connectivity index (χ1n) is 5.14. The first-order valence-corrected chi connectivity index (χ1v) is 5.95. The van der Waals surface area contributed by atoms with Crippen molar-refractivity contribution >= 4 is 27.5 Å². The van der Waals surface area contributed by atoms with Crippen molar-refractivity contribution in [1.82, 2.24) is 19.7 Å². The molecule has 0 aliphatic heterocycles. The number of aromatic nitrogens is 4. The zero-order valence-corrected chi connectivity index (χ0v) is 10.2. The highest BCUT2D eigenvalue weighted by Crippen LogP contribution is 2.23. The van der Waals surface area contributed by atoms with Crippen LogP contribution in [0.2, 0.25) is 0 Å². The topological polar surface area (TPSA) is 69.9 Å². The van der Waals surface area contributed by atoms with Crippen molar-refractivity contribution in [3.05, 3.63) is 36.4 Å². The van der Waals surface area contributed by atoms with Crippen LogP contribution in [-0.4, -0.2) is 32.8 Å². The smallest absolute Gasteiger partial charge is 0.377 e. The third-order valence-electron chi connectivity index (χ3n) is 2.34. The number of fused-ring (bicyclic) bond motifs is 1. The monoisotopic (exact) mass is 260 g/mol. The molecule has 0 unspecified atom stereocenters. The molecule has 7 heteroatoms. The summed E-state index contributed by atoms with van der Waals surface area (Å²) < 4.78 is 7.08. The number of benzene rings is 1. The maximum atomic E-state index is 11.3. The van der Waals surface area contributed by atoms with Gasteiger partial charge >= 0.3 is 5.97 Å². The molecule has 2 heterocycles. The fourth-order valence-electron chi connectivity index (χ4n) is 1.50. The number of nitrogens with zero attached hydrogens (tertiary/aromatic N) is 4. The standard InChI is InChI=1S/C11H8N4O2S/c1-17-10(16)9-12-6-15(14-9)11-13-7-4-2-3-5-8(7)18-11/h2-6H,1H3. The van der Waals surface area contributed by atoms with E-state index in [0.717, 1.165) is 10.2 Å². The van der Waals surface area contributed by atoms with Gasteiger partial charge in [-0.25, -0.2) is 14.8 Å². The van der Waals surface area contributed by atoms with Crippen LogP contribution in [0.15, 0.2) is 30.6 Å². The molecule has 3 aromatic rings. The van der Waals surface area contributed by atoms with Crippen LogP contribution in [0.3, 0.4) is 0 Å². The minimum absolute atomic E-state index is 0.0248. The SMILES string of the molecule is COC(=O)c1ncn(-c2nc3ccccc3s2)n1. The van der Waals surface area contributed by atoms with Crippen molar-refractivity contribution in [2.75, 3.05) is 7.11 Å². The molecule has 0 aliphatic rings. The summed E-state index contributed by atoms with van der Waals surface area (Å²) in [5.41, 5.74) is 0.896. The second-order valence-electron chi connectivity index (χ2n) is 3.47. The lowest BCUT2D eigenvalue weighted by atomic mass is 10.3. The fraction of sp³-hybridized carbons (Fsp3) is 0.0909. The Bertz CT molecular complexity index is 685. The number of rotatable bonds is 2. The van der Waals surface area contributed by atoms with Crippen LogP contribution in [0, 0.1) is 0 Å². The molecule has 0 bridgehead atoms. The first-order chi connectivity index (χ1) is 8.78. The van der Waals surface area contributed by atoms with Gasteiger partial charge in [-0.1, -0.05) is 23.5 Å². The third kappa shape index (κ3) is 1.74. The van der Waals surface area contributed by atoms with Gasteiger partial charge in [-0.05, 0) is 12.1 Å². The molecule has 18 heavy (non-hydrogen) atoms. The van der Waals surface area contributed by atoms with Crippen LogP contribution < -0.4 is 0 Å². The minimum Gasteiger partial charge on any atom is -0.463 e. The van der Waals surface area contributed by atoms with Gasteiger partial charge < -0.3 is 4.74 Å².